The monoisotopic (exact) mass is 348 g/mol. The fourth-order valence-corrected chi connectivity index (χ4v) is 1.91. The number of carbonyl (C=O) groups is 3. The number of ether oxygens (including phenoxy) is 3. The van der Waals surface area contributed by atoms with Crippen molar-refractivity contribution in [3.63, 3.8) is 0 Å². The van der Waals surface area contributed by atoms with Crippen LogP contribution in [0.5, 0.6) is 0 Å². The minimum Gasteiger partial charge on any atom is -0.465 e. The zero-order valence-electron chi connectivity index (χ0n) is 15.1. The summed E-state index contributed by atoms with van der Waals surface area (Å²) < 4.78 is 14.9. The van der Waals surface area contributed by atoms with Gasteiger partial charge in [0.2, 0.25) is 0 Å². The van der Waals surface area contributed by atoms with E-state index in [0.29, 0.717) is 0 Å². The predicted octanol–water partition coefficient (Wildman–Crippen LogP) is 2.02. The molecule has 0 heterocycles. The van der Waals surface area contributed by atoms with Gasteiger partial charge in [-0.15, -0.1) is 6.58 Å². The highest BCUT2D eigenvalue weighted by Crippen LogP contribution is 2.30. The summed E-state index contributed by atoms with van der Waals surface area (Å²) in [5, 5.41) is 0. The molecule has 0 saturated carbocycles. The van der Waals surface area contributed by atoms with Gasteiger partial charge >= 0.3 is 17.9 Å². The Bertz CT molecular complexity index is 593. The van der Waals surface area contributed by atoms with Gasteiger partial charge in [-0.25, -0.2) is 0 Å². The predicted molar refractivity (Wildman–Crippen MR) is 91.9 cm³/mol. The van der Waals surface area contributed by atoms with Gasteiger partial charge in [0, 0.05) is 13.3 Å². The van der Waals surface area contributed by atoms with Gasteiger partial charge in [0.15, 0.2) is 11.5 Å². The minimum absolute atomic E-state index is 0.0383. The number of hydrogen-bond donors (Lipinski definition) is 0. The van der Waals surface area contributed by atoms with Crippen LogP contribution in [-0.4, -0.2) is 37.2 Å². The SMILES string of the molecule is C=CCC(CC#CC#CC(C)OC(C)=O)(C(=O)OCC)C(=O)OCC. The molecule has 0 radical (unpaired) electrons. The highest BCUT2D eigenvalue weighted by Gasteiger charge is 2.47. The second-order valence-electron chi connectivity index (χ2n) is 5.02. The Morgan fingerprint density at radius 3 is 2.12 bits per heavy atom. The molecule has 0 aromatic rings. The van der Waals surface area contributed by atoms with Crippen LogP contribution in [-0.2, 0) is 28.6 Å². The number of esters is 3. The average molecular weight is 348 g/mol. The lowest BCUT2D eigenvalue weighted by atomic mass is 9.81. The third-order valence-electron chi connectivity index (χ3n) is 2.98. The molecule has 0 aliphatic rings. The van der Waals surface area contributed by atoms with Crippen molar-refractivity contribution in [3.8, 4) is 23.7 Å². The second-order valence-corrected chi connectivity index (χ2v) is 5.02. The Morgan fingerprint density at radius 2 is 1.68 bits per heavy atom. The summed E-state index contributed by atoms with van der Waals surface area (Å²) in [4.78, 5) is 35.4. The van der Waals surface area contributed by atoms with Gasteiger partial charge in [0.25, 0.3) is 0 Å². The van der Waals surface area contributed by atoms with Crippen molar-refractivity contribution in [2.45, 2.75) is 46.6 Å². The first kappa shape index (κ1) is 22.3. The van der Waals surface area contributed by atoms with E-state index < -0.39 is 29.4 Å². The Morgan fingerprint density at radius 1 is 1.12 bits per heavy atom. The number of allylic oxidation sites excluding steroid dienone is 1. The molecule has 25 heavy (non-hydrogen) atoms. The summed E-state index contributed by atoms with van der Waals surface area (Å²) in [5.74, 6) is 8.53. The zero-order valence-corrected chi connectivity index (χ0v) is 15.1. The number of rotatable bonds is 8. The molecular weight excluding hydrogens is 324 g/mol. The molecule has 0 bridgehead atoms. The van der Waals surface area contributed by atoms with Crippen LogP contribution in [0.1, 0.15) is 40.5 Å². The maximum Gasteiger partial charge on any atom is 0.324 e. The van der Waals surface area contributed by atoms with Crippen molar-refractivity contribution < 1.29 is 28.6 Å². The molecule has 0 aromatic carbocycles. The molecule has 136 valence electrons. The van der Waals surface area contributed by atoms with Gasteiger partial charge in [-0.1, -0.05) is 12.0 Å². The Kier molecular flexibility index (Phi) is 10.5. The van der Waals surface area contributed by atoms with Gasteiger partial charge in [0.05, 0.1) is 13.2 Å². The lowest BCUT2D eigenvalue weighted by Crippen LogP contribution is -2.41. The largest absolute Gasteiger partial charge is 0.465 e. The summed E-state index contributed by atoms with van der Waals surface area (Å²) in [6.45, 7) is 10.0. The quantitative estimate of drug-likeness (QED) is 0.220. The number of carbonyl (C=O) groups excluding carboxylic acids is 3. The fourth-order valence-electron chi connectivity index (χ4n) is 1.91. The molecule has 6 heteroatoms. The molecule has 6 nitrogen and oxygen atoms in total. The fraction of sp³-hybridized carbons (Fsp3) is 0.526. The molecule has 0 amide bonds. The zero-order chi connectivity index (χ0) is 19.3. The van der Waals surface area contributed by atoms with Crippen molar-refractivity contribution in [1.29, 1.82) is 0 Å². The maximum absolute atomic E-state index is 12.3. The van der Waals surface area contributed by atoms with Crippen molar-refractivity contribution in [2.24, 2.45) is 5.41 Å². The minimum atomic E-state index is -1.57. The first-order valence-electron chi connectivity index (χ1n) is 7.95. The van der Waals surface area contributed by atoms with E-state index >= 15 is 0 Å². The van der Waals surface area contributed by atoms with E-state index in [1.165, 1.54) is 13.0 Å². The van der Waals surface area contributed by atoms with E-state index in [9.17, 15) is 14.4 Å². The van der Waals surface area contributed by atoms with Crippen LogP contribution in [0.15, 0.2) is 12.7 Å². The summed E-state index contributed by atoms with van der Waals surface area (Å²) in [7, 11) is 0. The van der Waals surface area contributed by atoms with Gasteiger partial charge in [-0.05, 0) is 45.0 Å². The summed E-state index contributed by atoms with van der Waals surface area (Å²) in [5.41, 5.74) is -1.57. The third-order valence-corrected chi connectivity index (χ3v) is 2.98. The van der Waals surface area contributed by atoms with Crippen LogP contribution < -0.4 is 0 Å². The first-order chi connectivity index (χ1) is 11.8. The molecule has 1 unspecified atom stereocenters. The standard InChI is InChI=1S/C19H24O6/c1-6-13-19(17(21)23-7-2,18(22)24-8-3)14-11-9-10-12-15(4)25-16(5)20/h6,15H,1,7-8,13-14H2,2-5H3. The lowest BCUT2D eigenvalue weighted by Gasteiger charge is -2.25. The van der Waals surface area contributed by atoms with E-state index in [-0.39, 0.29) is 26.1 Å². The second kappa shape index (κ2) is 11.8. The first-order valence-corrected chi connectivity index (χ1v) is 7.95. The van der Waals surface area contributed by atoms with Gasteiger partial charge in [0.1, 0.15) is 0 Å². The molecule has 1 atom stereocenters. The van der Waals surface area contributed by atoms with Crippen LogP contribution >= 0.6 is 0 Å². The van der Waals surface area contributed by atoms with Gasteiger partial charge in [-0.3, -0.25) is 14.4 Å². The molecule has 0 aliphatic heterocycles. The molecular formula is C19H24O6. The topological polar surface area (TPSA) is 78.9 Å². The van der Waals surface area contributed by atoms with Crippen molar-refractivity contribution in [3.05, 3.63) is 12.7 Å². The van der Waals surface area contributed by atoms with E-state index in [0.717, 1.165) is 0 Å². The summed E-state index contributed by atoms with van der Waals surface area (Å²) in [6.07, 6.45) is 0.772. The highest BCUT2D eigenvalue weighted by molar-refractivity contribution is 6.00. The average Bonchev–Trinajstić information content (AvgIpc) is 2.53. The van der Waals surface area contributed by atoms with Gasteiger partial charge < -0.3 is 14.2 Å². The van der Waals surface area contributed by atoms with Crippen molar-refractivity contribution in [1.82, 2.24) is 0 Å². The molecule has 0 rings (SSSR count). The van der Waals surface area contributed by atoms with Crippen LogP contribution in [0.3, 0.4) is 0 Å². The van der Waals surface area contributed by atoms with Crippen molar-refractivity contribution in [2.75, 3.05) is 13.2 Å². The maximum atomic E-state index is 12.3. The van der Waals surface area contributed by atoms with Crippen LogP contribution in [0, 0.1) is 29.1 Å². The van der Waals surface area contributed by atoms with E-state index in [1.54, 1.807) is 20.8 Å². The molecule has 0 aromatic heterocycles. The number of hydrogen-bond acceptors (Lipinski definition) is 6. The van der Waals surface area contributed by atoms with Crippen LogP contribution in [0.2, 0.25) is 0 Å². The summed E-state index contributed by atoms with van der Waals surface area (Å²) in [6, 6.07) is 0. The van der Waals surface area contributed by atoms with E-state index in [2.05, 4.69) is 30.3 Å². The van der Waals surface area contributed by atoms with Gasteiger partial charge in [-0.2, -0.15) is 0 Å². The molecule has 0 spiro atoms. The smallest absolute Gasteiger partial charge is 0.324 e. The Labute approximate surface area is 148 Å². The molecule has 0 aliphatic carbocycles. The normalized spacial score (nSPS) is 10.9. The molecule has 0 fully saturated rings. The Hall–Kier alpha value is -2.73. The summed E-state index contributed by atoms with van der Waals surface area (Å²) >= 11 is 0. The molecule has 0 N–H and O–H groups in total. The van der Waals surface area contributed by atoms with E-state index in [4.69, 9.17) is 14.2 Å². The third kappa shape index (κ3) is 7.58. The van der Waals surface area contributed by atoms with Crippen LogP contribution in [0.4, 0.5) is 0 Å². The lowest BCUT2D eigenvalue weighted by molar-refractivity contribution is -0.171. The molecule has 0 saturated heterocycles. The van der Waals surface area contributed by atoms with Crippen LogP contribution in [0.25, 0.3) is 0 Å². The highest BCUT2D eigenvalue weighted by atomic mass is 16.6. The Balaban J connectivity index is 5.38. The van der Waals surface area contributed by atoms with Crippen molar-refractivity contribution >= 4 is 17.9 Å². The van der Waals surface area contributed by atoms with E-state index in [1.807, 2.05) is 0 Å².